The molecule has 0 saturated carbocycles. The van der Waals surface area contributed by atoms with E-state index in [2.05, 4.69) is 195 Å². The van der Waals surface area contributed by atoms with E-state index in [4.69, 9.17) is 0 Å². The van der Waals surface area contributed by atoms with E-state index >= 15 is 0 Å². The Labute approximate surface area is 315 Å². The molecule has 53 heavy (non-hydrogen) atoms. The summed E-state index contributed by atoms with van der Waals surface area (Å²) < 4.78 is 2.61. The topological polar surface area (TPSA) is 3.24 Å². The molecule has 0 N–H and O–H groups in total. The molecule has 1 heterocycles. The van der Waals surface area contributed by atoms with Gasteiger partial charge in [-0.25, -0.2) is 0 Å². The molecular weight excluding hydrogens is 659 g/mol. The van der Waals surface area contributed by atoms with Gasteiger partial charge < -0.3 is 4.90 Å². The van der Waals surface area contributed by atoms with Crippen LogP contribution in [0.4, 0.5) is 17.1 Å². The molecule has 9 aromatic rings. The van der Waals surface area contributed by atoms with Gasteiger partial charge in [-0.05, 0) is 81.9 Å². The molecule has 1 nitrogen and oxygen atoms in total. The summed E-state index contributed by atoms with van der Waals surface area (Å²) in [6.45, 7) is 4.74. The normalized spacial score (nSPS) is 13.0. The first-order chi connectivity index (χ1) is 26.2. The number of para-hydroxylation sites is 1. The summed E-state index contributed by atoms with van der Waals surface area (Å²) in [5.74, 6) is 0. The van der Waals surface area contributed by atoms with Crippen LogP contribution in [0.1, 0.15) is 37.8 Å². The van der Waals surface area contributed by atoms with Gasteiger partial charge in [0.25, 0.3) is 0 Å². The van der Waals surface area contributed by atoms with Gasteiger partial charge in [-0.3, -0.25) is 0 Å². The molecule has 0 bridgehead atoms. The molecule has 0 saturated heterocycles. The number of thiophene rings is 1. The number of nitrogens with zero attached hydrogens (tertiary/aromatic N) is 1. The van der Waals surface area contributed by atoms with Gasteiger partial charge in [-0.1, -0.05) is 159 Å². The third kappa shape index (κ3) is 4.82. The number of fused-ring (bicyclic) bond motifs is 7. The van der Waals surface area contributed by atoms with Gasteiger partial charge >= 0.3 is 0 Å². The second-order valence-electron chi connectivity index (χ2n) is 14.2. The summed E-state index contributed by atoms with van der Waals surface area (Å²) in [6, 6.07) is 65.4. The minimum absolute atomic E-state index is 0.0643. The highest BCUT2D eigenvalue weighted by atomic mass is 32.1. The van der Waals surface area contributed by atoms with E-state index in [1.165, 1.54) is 81.1 Å². The first-order valence-corrected chi connectivity index (χ1v) is 19.6. The van der Waals surface area contributed by atoms with Gasteiger partial charge in [0, 0.05) is 47.8 Å². The summed E-state index contributed by atoms with van der Waals surface area (Å²) in [5.41, 5.74) is 14.0. The maximum absolute atomic E-state index is 2.60. The van der Waals surface area contributed by atoms with Crippen molar-refractivity contribution in [1.82, 2.24) is 0 Å². The average Bonchev–Trinajstić information content (AvgIpc) is 3.74. The van der Waals surface area contributed by atoms with Gasteiger partial charge in [-0.2, -0.15) is 0 Å². The number of rotatable bonds is 7. The summed E-state index contributed by atoms with van der Waals surface area (Å²) in [6.07, 6.45) is 2.08. The van der Waals surface area contributed by atoms with E-state index < -0.39 is 0 Å². The zero-order chi connectivity index (χ0) is 35.5. The molecule has 0 radical (unpaired) electrons. The molecule has 1 aromatic heterocycles. The number of hydrogen-bond acceptors (Lipinski definition) is 2. The molecule has 10 rings (SSSR count). The Morgan fingerprint density at radius 1 is 0.472 bits per heavy atom. The lowest BCUT2D eigenvalue weighted by Crippen LogP contribution is -2.23. The second-order valence-corrected chi connectivity index (χ2v) is 15.3. The Hall–Kier alpha value is -5.96. The molecule has 2 heteroatoms. The Bertz CT molecular complexity index is 2820. The van der Waals surface area contributed by atoms with Crippen LogP contribution in [-0.4, -0.2) is 0 Å². The van der Waals surface area contributed by atoms with Crippen LogP contribution in [0.2, 0.25) is 0 Å². The average molecular weight is 698 g/mol. The van der Waals surface area contributed by atoms with Gasteiger partial charge in [0.2, 0.25) is 0 Å². The van der Waals surface area contributed by atoms with Gasteiger partial charge in [0.1, 0.15) is 0 Å². The van der Waals surface area contributed by atoms with Crippen LogP contribution in [0, 0.1) is 0 Å². The summed E-state index contributed by atoms with van der Waals surface area (Å²) in [5, 5.41) is 5.15. The highest BCUT2D eigenvalue weighted by Crippen LogP contribution is 2.59. The van der Waals surface area contributed by atoms with Crippen molar-refractivity contribution < 1.29 is 0 Å². The molecule has 8 aromatic carbocycles. The summed E-state index contributed by atoms with van der Waals surface area (Å²) in [7, 11) is 0. The quantitative estimate of drug-likeness (QED) is 0.160. The minimum atomic E-state index is -0.0643. The molecule has 0 amide bonds. The molecule has 0 unspecified atom stereocenters. The van der Waals surface area contributed by atoms with Crippen LogP contribution in [0.5, 0.6) is 0 Å². The van der Waals surface area contributed by atoms with Gasteiger partial charge in [0.15, 0.2) is 0 Å². The molecule has 0 spiro atoms. The SMILES string of the molecule is CCC1(CC)c2ccccc2-c2c1cc1ccccc1c2N(c1ccc2c(c1)sc1ccccc12)c1ccccc1-c1ccccc1-c1ccccc1. The van der Waals surface area contributed by atoms with E-state index in [9.17, 15) is 0 Å². The van der Waals surface area contributed by atoms with E-state index in [-0.39, 0.29) is 5.41 Å². The first kappa shape index (κ1) is 31.7. The monoisotopic (exact) mass is 697 g/mol. The van der Waals surface area contributed by atoms with Crippen LogP contribution in [0.3, 0.4) is 0 Å². The lowest BCUT2D eigenvalue weighted by Gasteiger charge is -2.33. The van der Waals surface area contributed by atoms with Crippen LogP contribution in [-0.2, 0) is 5.41 Å². The fourth-order valence-electron chi connectivity index (χ4n) is 9.21. The van der Waals surface area contributed by atoms with Crippen molar-refractivity contribution in [3.8, 4) is 33.4 Å². The van der Waals surface area contributed by atoms with Crippen molar-refractivity contribution in [2.24, 2.45) is 0 Å². The van der Waals surface area contributed by atoms with E-state index in [0.717, 1.165) is 24.2 Å². The third-order valence-corrected chi connectivity index (χ3v) is 12.9. The zero-order valence-electron chi connectivity index (χ0n) is 30.0. The van der Waals surface area contributed by atoms with Crippen LogP contribution >= 0.6 is 11.3 Å². The molecule has 0 aliphatic heterocycles. The van der Waals surface area contributed by atoms with E-state index in [1.54, 1.807) is 0 Å². The highest BCUT2D eigenvalue weighted by molar-refractivity contribution is 7.25. The molecular formula is C51H39NS. The summed E-state index contributed by atoms with van der Waals surface area (Å²) >= 11 is 1.88. The smallest absolute Gasteiger partial charge is 0.0621 e. The molecule has 0 fully saturated rings. The molecule has 0 atom stereocenters. The van der Waals surface area contributed by atoms with Crippen molar-refractivity contribution in [1.29, 1.82) is 0 Å². The van der Waals surface area contributed by atoms with Crippen molar-refractivity contribution in [3.05, 3.63) is 187 Å². The second kappa shape index (κ2) is 12.6. The maximum atomic E-state index is 2.60. The predicted molar refractivity (Wildman–Crippen MR) is 229 cm³/mol. The lowest BCUT2D eigenvalue weighted by molar-refractivity contribution is 0.491. The Kier molecular flexibility index (Phi) is 7.56. The molecule has 1 aliphatic rings. The van der Waals surface area contributed by atoms with E-state index in [0.29, 0.717) is 0 Å². The largest absolute Gasteiger partial charge is 0.309 e. The van der Waals surface area contributed by atoms with Crippen LogP contribution in [0.15, 0.2) is 176 Å². The van der Waals surface area contributed by atoms with Crippen molar-refractivity contribution in [3.63, 3.8) is 0 Å². The Morgan fingerprint density at radius 2 is 1.09 bits per heavy atom. The number of hydrogen-bond donors (Lipinski definition) is 0. The highest BCUT2D eigenvalue weighted by Gasteiger charge is 2.43. The minimum Gasteiger partial charge on any atom is -0.309 e. The summed E-state index contributed by atoms with van der Waals surface area (Å²) in [4.78, 5) is 2.60. The maximum Gasteiger partial charge on any atom is 0.0621 e. The van der Waals surface area contributed by atoms with Gasteiger partial charge in [-0.15, -0.1) is 11.3 Å². The lowest BCUT2D eigenvalue weighted by atomic mass is 9.73. The van der Waals surface area contributed by atoms with Crippen LogP contribution in [0.25, 0.3) is 64.3 Å². The zero-order valence-corrected chi connectivity index (χ0v) is 30.8. The fourth-order valence-corrected chi connectivity index (χ4v) is 10.4. The Morgan fingerprint density at radius 3 is 1.91 bits per heavy atom. The fraction of sp³-hybridized carbons (Fsp3) is 0.0980. The molecule has 254 valence electrons. The predicted octanol–water partition coefficient (Wildman–Crippen LogP) is 15.1. The van der Waals surface area contributed by atoms with Crippen LogP contribution < -0.4 is 4.90 Å². The first-order valence-electron chi connectivity index (χ1n) is 18.8. The van der Waals surface area contributed by atoms with Crippen molar-refractivity contribution >= 4 is 59.3 Å². The number of anilines is 3. The van der Waals surface area contributed by atoms with Gasteiger partial charge in [0.05, 0.1) is 11.4 Å². The number of benzene rings is 8. The third-order valence-electron chi connectivity index (χ3n) is 11.7. The Balaban J connectivity index is 1.34. The van der Waals surface area contributed by atoms with E-state index in [1.807, 2.05) is 11.3 Å². The standard InChI is InChI=1S/C51H39NS/c1-3-51(4-2)44-27-15-12-26-43(44)49-45(51)32-35-20-8-9-22-38(35)50(49)52(36-30-31-42-41-25-14-17-29-47(41)53-48(42)33-36)46-28-16-13-24-40(46)39-23-11-10-21-37(39)34-18-6-5-7-19-34/h5-33H,3-4H2,1-2H3. The van der Waals surface area contributed by atoms with Crippen molar-refractivity contribution in [2.75, 3.05) is 4.90 Å². The van der Waals surface area contributed by atoms with Crippen molar-refractivity contribution in [2.45, 2.75) is 32.1 Å². The molecule has 1 aliphatic carbocycles.